The van der Waals surface area contributed by atoms with E-state index in [9.17, 15) is 5.26 Å². The maximum Gasteiger partial charge on any atom is 0.191 e. The van der Waals surface area contributed by atoms with Crippen LogP contribution < -0.4 is 16.4 Å². The molecule has 0 aliphatic carbocycles. The lowest BCUT2D eigenvalue weighted by Gasteiger charge is -2.13. The summed E-state index contributed by atoms with van der Waals surface area (Å²) in [6.45, 7) is 3.59. The van der Waals surface area contributed by atoms with E-state index in [1.54, 1.807) is 11.7 Å². The number of nitrogens with one attached hydrogen (secondary N) is 2. The van der Waals surface area contributed by atoms with Crippen molar-refractivity contribution in [2.45, 2.75) is 32.7 Å². The maximum absolute atomic E-state index is 9.54. The lowest BCUT2D eigenvalue weighted by Crippen LogP contribution is -2.37. The fraction of sp³-hybridized carbons (Fsp3) is 0.292. The third kappa shape index (κ3) is 5.43. The van der Waals surface area contributed by atoms with Crippen LogP contribution in [0.5, 0.6) is 0 Å². The zero-order valence-corrected chi connectivity index (χ0v) is 18.1. The van der Waals surface area contributed by atoms with Gasteiger partial charge in [0.1, 0.15) is 17.5 Å². The summed E-state index contributed by atoms with van der Waals surface area (Å²) in [6.07, 6.45) is 2.45. The Morgan fingerprint density at radius 3 is 2.48 bits per heavy atom. The number of aryl methyl sites for hydroxylation is 2. The van der Waals surface area contributed by atoms with E-state index in [2.05, 4.69) is 58.0 Å². The molecule has 0 amide bonds. The van der Waals surface area contributed by atoms with Crippen LogP contribution in [0.15, 0.2) is 59.6 Å². The van der Waals surface area contributed by atoms with Crippen LogP contribution in [0.1, 0.15) is 35.7 Å². The summed E-state index contributed by atoms with van der Waals surface area (Å²) in [5, 5.41) is 20.8. The van der Waals surface area contributed by atoms with Gasteiger partial charge < -0.3 is 16.4 Å². The molecule has 0 saturated heterocycles. The first kappa shape index (κ1) is 21.9. The molecule has 2 aromatic carbocycles. The Hall–Kier alpha value is -3.79. The molecule has 4 N–H and O–H groups in total. The molecule has 0 aliphatic rings. The van der Waals surface area contributed by atoms with E-state index < -0.39 is 0 Å². The Balaban J connectivity index is 1.55. The molecular formula is C24H29N7. The van der Waals surface area contributed by atoms with E-state index in [0.29, 0.717) is 30.0 Å². The second-order valence-corrected chi connectivity index (χ2v) is 7.14. The summed E-state index contributed by atoms with van der Waals surface area (Å²) in [6, 6.07) is 20.2. The van der Waals surface area contributed by atoms with Crippen LogP contribution in [0.2, 0.25) is 0 Å². The third-order valence-corrected chi connectivity index (χ3v) is 5.16. The van der Waals surface area contributed by atoms with Crippen LogP contribution in [0, 0.1) is 11.3 Å². The number of aliphatic imine (C=N–C) groups is 1. The minimum atomic E-state index is 0.378. The van der Waals surface area contributed by atoms with Crippen molar-refractivity contribution in [1.82, 2.24) is 20.4 Å². The monoisotopic (exact) mass is 415 g/mol. The second-order valence-electron chi connectivity index (χ2n) is 7.14. The van der Waals surface area contributed by atoms with Crippen molar-refractivity contribution < 1.29 is 0 Å². The highest BCUT2D eigenvalue weighted by molar-refractivity contribution is 5.79. The highest BCUT2D eigenvalue weighted by atomic mass is 15.3. The summed E-state index contributed by atoms with van der Waals surface area (Å²) in [5.74, 6) is 1.13. The zero-order valence-electron chi connectivity index (χ0n) is 18.1. The van der Waals surface area contributed by atoms with Gasteiger partial charge in [-0.3, -0.25) is 4.99 Å². The number of guanidine groups is 1. The molecule has 7 nitrogen and oxygen atoms in total. The molecule has 31 heavy (non-hydrogen) atoms. The molecule has 3 aromatic rings. The number of nitrogen functional groups attached to an aromatic ring is 1. The zero-order chi connectivity index (χ0) is 22.1. The van der Waals surface area contributed by atoms with Crippen molar-refractivity contribution in [2.75, 3.05) is 19.3 Å². The third-order valence-electron chi connectivity index (χ3n) is 5.16. The van der Waals surface area contributed by atoms with Gasteiger partial charge in [-0.2, -0.15) is 10.4 Å². The molecule has 0 saturated carbocycles. The molecular weight excluding hydrogens is 386 g/mol. The summed E-state index contributed by atoms with van der Waals surface area (Å²) in [5.41, 5.74) is 10.8. The predicted octanol–water partition coefficient (Wildman–Crippen LogP) is 3.19. The Morgan fingerprint density at radius 1 is 1.10 bits per heavy atom. The molecule has 0 radical (unpaired) electrons. The number of nitrogens with zero attached hydrogens (tertiary/aromatic N) is 4. The van der Waals surface area contributed by atoms with Gasteiger partial charge in [0.05, 0.1) is 11.4 Å². The highest BCUT2D eigenvalue weighted by Crippen LogP contribution is 2.21. The second kappa shape index (κ2) is 10.8. The van der Waals surface area contributed by atoms with Gasteiger partial charge in [0.2, 0.25) is 0 Å². The van der Waals surface area contributed by atoms with Crippen molar-refractivity contribution in [2.24, 2.45) is 4.99 Å². The van der Waals surface area contributed by atoms with Crippen LogP contribution in [0.3, 0.4) is 0 Å². The Labute approximate surface area is 183 Å². The van der Waals surface area contributed by atoms with Gasteiger partial charge >= 0.3 is 0 Å². The first-order valence-electron chi connectivity index (χ1n) is 10.5. The molecule has 0 aliphatic heterocycles. The number of rotatable bonds is 8. The topological polar surface area (TPSA) is 104 Å². The van der Waals surface area contributed by atoms with Crippen LogP contribution in [-0.2, 0) is 19.4 Å². The number of hydrogen-bond acceptors (Lipinski definition) is 4. The van der Waals surface area contributed by atoms with E-state index in [-0.39, 0.29) is 0 Å². The summed E-state index contributed by atoms with van der Waals surface area (Å²) >= 11 is 0. The SMILES string of the molecule is CCc1ccccc1CNC(=NC)NCCCc1nn(-c2ccccc2)c(N)c1C#N. The fourth-order valence-corrected chi connectivity index (χ4v) is 3.48. The van der Waals surface area contributed by atoms with Gasteiger partial charge in [0, 0.05) is 20.1 Å². The van der Waals surface area contributed by atoms with E-state index in [4.69, 9.17) is 5.73 Å². The number of hydrogen-bond donors (Lipinski definition) is 3. The van der Waals surface area contributed by atoms with Gasteiger partial charge in [-0.15, -0.1) is 0 Å². The van der Waals surface area contributed by atoms with Gasteiger partial charge in [-0.1, -0.05) is 49.4 Å². The summed E-state index contributed by atoms with van der Waals surface area (Å²) in [4.78, 5) is 4.30. The average Bonchev–Trinajstić information content (AvgIpc) is 3.14. The fourth-order valence-electron chi connectivity index (χ4n) is 3.48. The standard InChI is InChI=1S/C24H29N7/c1-3-18-10-7-8-11-19(18)17-29-24(27-2)28-15-9-14-22-21(16-25)23(26)31(30-22)20-12-5-4-6-13-20/h4-8,10-13H,3,9,14-15,17,26H2,1-2H3,(H2,27,28,29). The van der Waals surface area contributed by atoms with Crippen LogP contribution in [-0.4, -0.2) is 29.3 Å². The molecule has 0 bridgehead atoms. The molecule has 0 unspecified atom stereocenters. The van der Waals surface area contributed by atoms with Crippen molar-refractivity contribution >= 4 is 11.8 Å². The first-order valence-corrected chi connectivity index (χ1v) is 10.5. The molecule has 3 rings (SSSR count). The van der Waals surface area contributed by atoms with Crippen molar-refractivity contribution in [3.05, 3.63) is 77.0 Å². The molecule has 160 valence electrons. The summed E-state index contributed by atoms with van der Waals surface area (Å²) in [7, 11) is 1.76. The lowest BCUT2D eigenvalue weighted by molar-refractivity contribution is 0.721. The Kier molecular flexibility index (Phi) is 7.66. The van der Waals surface area contributed by atoms with Crippen LogP contribution >= 0.6 is 0 Å². The lowest BCUT2D eigenvalue weighted by atomic mass is 10.1. The predicted molar refractivity (Wildman–Crippen MR) is 125 cm³/mol. The Morgan fingerprint density at radius 2 is 1.81 bits per heavy atom. The highest BCUT2D eigenvalue weighted by Gasteiger charge is 2.16. The average molecular weight is 416 g/mol. The number of para-hydroxylation sites is 1. The normalized spacial score (nSPS) is 11.2. The Bertz CT molecular complexity index is 1060. The maximum atomic E-state index is 9.54. The molecule has 0 fully saturated rings. The van der Waals surface area contributed by atoms with E-state index in [1.807, 2.05) is 30.3 Å². The van der Waals surface area contributed by atoms with Gasteiger partial charge in [0.15, 0.2) is 5.96 Å². The molecule has 0 spiro atoms. The molecule has 7 heteroatoms. The molecule has 0 atom stereocenters. The first-order chi connectivity index (χ1) is 15.2. The minimum Gasteiger partial charge on any atom is -0.382 e. The van der Waals surface area contributed by atoms with Crippen LogP contribution in [0.4, 0.5) is 5.82 Å². The largest absolute Gasteiger partial charge is 0.382 e. The number of benzene rings is 2. The van der Waals surface area contributed by atoms with E-state index in [0.717, 1.165) is 31.0 Å². The minimum absolute atomic E-state index is 0.378. The number of nitrogens with two attached hydrogens (primary N) is 1. The van der Waals surface area contributed by atoms with Crippen LogP contribution in [0.25, 0.3) is 5.69 Å². The van der Waals surface area contributed by atoms with Gasteiger partial charge in [-0.25, -0.2) is 4.68 Å². The number of anilines is 1. The number of aromatic nitrogens is 2. The summed E-state index contributed by atoms with van der Waals surface area (Å²) < 4.78 is 1.63. The quantitative estimate of drug-likeness (QED) is 0.298. The molecule has 1 aromatic heterocycles. The van der Waals surface area contributed by atoms with Crippen molar-refractivity contribution in [3.63, 3.8) is 0 Å². The number of nitriles is 1. The van der Waals surface area contributed by atoms with E-state index in [1.165, 1.54) is 11.1 Å². The van der Waals surface area contributed by atoms with Gasteiger partial charge in [-0.05, 0) is 42.5 Å². The molecule has 1 heterocycles. The van der Waals surface area contributed by atoms with E-state index >= 15 is 0 Å². The van der Waals surface area contributed by atoms with Gasteiger partial charge in [0.25, 0.3) is 0 Å². The smallest absolute Gasteiger partial charge is 0.191 e. The van der Waals surface area contributed by atoms with Crippen molar-refractivity contribution in [3.8, 4) is 11.8 Å². The van der Waals surface area contributed by atoms with Crippen molar-refractivity contribution in [1.29, 1.82) is 5.26 Å².